The van der Waals surface area contributed by atoms with Crippen LogP contribution in [0.5, 0.6) is 0 Å². The predicted molar refractivity (Wildman–Crippen MR) is 98.1 cm³/mol. The highest BCUT2D eigenvalue weighted by atomic mass is 35.5. The molecule has 3 aromatic rings. The summed E-state index contributed by atoms with van der Waals surface area (Å²) in [5, 5.41) is 11.3. The van der Waals surface area contributed by atoms with Gasteiger partial charge in [0.25, 0.3) is 10.0 Å². The quantitative estimate of drug-likeness (QED) is 0.530. The van der Waals surface area contributed by atoms with Gasteiger partial charge in [-0.2, -0.15) is 18.6 Å². The fraction of sp³-hybridized carbons (Fsp3) is 0.0588. The zero-order chi connectivity index (χ0) is 17.9. The molecule has 0 saturated carbocycles. The van der Waals surface area contributed by atoms with E-state index in [2.05, 4.69) is 20.1 Å². The van der Waals surface area contributed by atoms with Crippen molar-refractivity contribution in [3.05, 3.63) is 70.9 Å². The molecule has 2 aromatic carbocycles. The Bertz CT molecular complexity index is 994. The Balaban J connectivity index is 1.78. The number of hydrogen-bond acceptors (Lipinski definition) is 4. The number of benzene rings is 2. The van der Waals surface area contributed by atoms with Crippen LogP contribution in [0.2, 0.25) is 5.02 Å². The number of aromatic amines is 1. The van der Waals surface area contributed by atoms with Crippen molar-refractivity contribution < 1.29 is 8.42 Å². The molecule has 8 heteroatoms. The Morgan fingerprint density at radius 3 is 2.48 bits per heavy atom. The maximum atomic E-state index is 12.2. The lowest BCUT2D eigenvalue weighted by Gasteiger charge is -2.03. The lowest BCUT2D eigenvalue weighted by Crippen LogP contribution is -2.18. The van der Waals surface area contributed by atoms with E-state index in [0.29, 0.717) is 10.6 Å². The summed E-state index contributed by atoms with van der Waals surface area (Å²) in [5.74, 6) is 0. The smallest absolute Gasteiger partial charge is 0.276 e. The molecule has 0 aliphatic carbocycles. The largest absolute Gasteiger partial charge is 0.277 e. The van der Waals surface area contributed by atoms with Gasteiger partial charge < -0.3 is 0 Å². The molecule has 3 rings (SSSR count). The molecule has 0 radical (unpaired) electrons. The van der Waals surface area contributed by atoms with Gasteiger partial charge in [-0.25, -0.2) is 4.83 Å². The highest BCUT2D eigenvalue weighted by molar-refractivity contribution is 7.89. The van der Waals surface area contributed by atoms with Gasteiger partial charge in [0.05, 0.1) is 23.0 Å². The number of nitrogens with one attached hydrogen (secondary N) is 2. The van der Waals surface area contributed by atoms with E-state index in [1.807, 2.05) is 19.1 Å². The summed E-state index contributed by atoms with van der Waals surface area (Å²) in [6, 6.07) is 13.7. The molecule has 1 aromatic heterocycles. The van der Waals surface area contributed by atoms with Gasteiger partial charge >= 0.3 is 0 Å². The van der Waals surface area contributed by atoms with Crippen molar-refractivity contribution >= 4 is 27.8 Å². The molecule has 0 saturated heterocycles. The van der Waals surface area contributed by atoms with Crippen LogP contribution in [0, 0.1) is 6.92 Å². The summed E-state index contributed by atoms with van der Waals surface area (Å²) in [5.41, 5.74) is 3.21. The lowest BCUT2D eigenvalue weighted by atomic mass is 10.1. The van der Waals surface area contributed by atoms with E-state index >= 15 is 0 Å². The normalized spacial score (nSPS) is 11.8. The molecule has 0 fully saturated rings. The number of sulfonamides is 1. The van der Waals surface area contributed by atoms with E-state index < -0.39 is 10.0 Å². The average Bonchev–Trinajstić information content (AvgIpc) is 3.04. The van der Waals surface area contributed by atoms with Crippen molar-refractivity contribution in [2.45, 2.75) is 11.8 Å². The van der Waals surface area contributed by atoms with Crippen molar-refractivity contribution in [1.82, 2.24) is 15.0 Å². The van der Waals surface area contributed by atoms with Gasteiger partial charge in [-0.1, -0.05) is 41.4 Å². The molecular weight excluding hydrogens is 360 g/mol. The Morgan fingerprint density at radius 1 is 1.12 bits per heavy atom. The summed E-state index contributed by atoms with van der Waals surface area (Å²) >= 11 is 5.89. The Hall–Kier alpha value is -2.64. The molecule has 1 heterocycles. The van der Waals surface area contributed by atoms with E-state index in [1.54, 1.807) is 30.5 Å². The van der Waals surface area contributed by atoms with Gasteiger partial charge in [0.15, 0.2) is 0 Å². The van der Waals surface area contributed by atoms with Gasteiger partial charge in [0.2, 0.25) is 0 Å². The van der Waals surface area contributed by atoms with Gasteiger partial charge in [0, 0.05) is 16.1 Å². The van der Waals surface area contributed by atoms with Crippen molar-refractivity contribution in [1.29, 1.82) is 0 Å². The highest BCUT2D eigenvalue weighted by Crippen LogP contribution is 2.21. The number of nitrogens with zero attached hydrogens (tertiary/aromatic N) is 2. The SMILES string of the molecule is Cc1ccc(S(=O)(=O)NN=Cc2cn[nH]c2-c2ccc(Cl)cc2)cc1. The van der Waals surface area contributed by atoms with E-state index in [-0.39, 0.29) is 4.90 Å². The minimum Gasteiger partial charge on any atom is -0.277 e. The summed E-state index contributed by atoms with van der Waals surface area (Å²) < 4.78 is 24.4. The fourth-order valence-corrected chi connectivity index (χ4v) is 3.09. The standard InChI is InChI=1S/C17H15ClN4O2S/c1-12-2-8-16(9-3-12)25(23,24)22-20-11-14-10-19-21-17(14)13-4-6-15(18)7-5-13/h2-11,22H,1H3,(H,19,21). The number of aryl methyl sites for hydroxylation is 1. The van der Waals surface area contributed by atoms with Crippen molar-refractivity contribution in [3.8, 4) is 11.3 Å². The van der Waals surface area contributed by atoms with Crippen LogP contribution in [0.4, 0.5) is 0 Å². The molecule has 25 heavy (non-hydrogen) atoms. The van der Waals surface area contributed by atoms with Gasteiger partial charge in [-0.15, -0.1) is 0 Å². The molecule has 128 valence electrons. The summed E-state index contributed by atoms with van der Waals surface area (Å²) in [6.45, 7) is 1.89. The Morgan fingerprint density at radius 2 is 1.80 bits per heavy atom. The van der Waals surface area contributed by atoms with Crippen LogP contribution in [0.25, 0.3) is 11.3 Å². The minimum atomic E-state index is -3.71. The minimum absolute atomic E-state index is 0.153. The number of H-pyrrole nitrogens is 1. The third kappa shape index (κ3) is 4.07. The number of hydrazone groups is 1. The number of aromatic nitrogens is 2. The molecule has 0 aliphatic rings. The second-order valence-electron chi connectivity index (χ2n) is 5.37. The van der Waals surface area contributed by atoms with Crippen LogP contribution in [-0.4, -0.2) is 24.8 Å². The molecule has 0 amide bonds. The summed E-state index contributed by atoms with van der Waals surface area (Å²) in [4.78, 5) is 2.35. The maximum Gasteiger partial charge on any atom is 0.276 e. The van der Waals surface area contributed by atoms with Crippen LogP contribution < -0.4 is 4.83 Å². The average molecular weight is 375 g/mol. The number of hydrogen-bond donors (Lipinski definition) is 2. The lowest BCUT2D eigenvalue weighted by molar-refractivity contribution is 0.584. The zero-order valence-electron chi connectivity index (χ0n) is 13.3. The first-order chi connectivity index (χ1) is 12.0. The first-order valence-corrected chi connectivity index (χ1v) is 9.23. The Labute approximate surface area is 150 Å². The van der Waals surface area contributed by atoms with E-state index in [1.165, 1.54) is 18.3 Å². The van der Waals surface area contributed by atoms with Crippen LogP contribution in [0.3, 0.4) is 0 Å². The highest BCUT2D eigenvalue weighted by Gasteiger charge is 2.12. The monoisotopic (exact) mass is 374 g/mol. The number of halogens is 1. The molecule has 0 unspecified atom stereocenters. The van der Waals surface area contributed by atoms with Crippen molar-refractivity contribution in [3.63, 3.8) is 0 Å². The molecule has 0 spiro atoms. The molecule has 0 bridgehead atoms. The van der Waals surface area contributed by atoms with Crippen LogP contribution in [0.15, 0.2) is 64.7 Å². The van der Waals surface area contributed by atoms with Crippen molar-refractivity contribution in [2.75, 3.05) is 0 Å². The van der Waals surface area contributed by atoms with Gasteiger partial charge in [-0.3, -0.25) is 5.10 Å². The van der Waals surface area contributed by atoms with E-state index in [4.69, 9.17) is 11.6 Å². The van der Waals surface area contributed by atoms with Crippen molar-refractivity contribution in [2.24, 2.45) is 5.10 Å². The van der Waals surface area contributed by atoms with Crippen LogP contribution >= 0.6 is 11.6 Å². The summed E-state index contributed by atoms with van der Waals surface area (Å²) in [7, 11) is -3.71. The molecular formula is C17H15ClN4O2S. The third-order valence-electron chi connectivity index (χ3n) is 3.51. The second kappa shape index (κ2) is 7.08. The second-order valence-corrected chi connectivity index (χ2v) is 7.47. The topological polar surface area (TPSA) is 87.2 Å². The molecule has 0 atom stereocenters. The third-order valence-corrected chi connectivity index (χ3v) is 5.00. The maximum absolute atomic E-state index is 12.2. The zero-order valence-corrected chi connectivity index (χ0v) is 14.8. The summed E-state index contributed by atoms with van der Waals surface area (Å²) in [6.07, 6.45) is 2.97. The van der Waals surface area contributed by atoms with E-state index in [0.717, 1.165) is 16.8 Å². The Kier molecular flexibility index (Phi) is 4.87. The molecule has 2 N–H and O–H groups in total. The van der Waals surface area contributed by atoms with Crippen LogP contribution in [0.1, 0.15) is 11.1 Å². The first-order valence-electron chi connectivity index (χ1n) is 7.36. The fourth-order valence-electron chi connectivity index (χ4n) is 2.18. The number of rotatable bonds is 5. The first kappa shape index (κ1) is 17.2. The molecule has 0 aliphatic heterocycles. The van der Waals surface area contributed by atoms with Gasteiger partial charge in [-0.05, 0) is 31.2 Å². The molecule has 6 nitrogen and oxygen atoms in total. The predicted octanol–water partition coefficient (Wildman–Crippen LogP) is 3.35. The van der Waals surface area contributed by atoms with Gasteiger partial charge in [0.1, 0.15) is 0 Å². The van der Waals surface area contributed by atoms with E-state index in [9.17, 15) is 8.42 Å². The van der Waals surface area contributed by atoms with Crippen LogP contribution in [-0.2, 0) is 10.0 Å².